The summed E-state index contributed by atoms with van der Waals surface area (Å²) in [5, 5.41) is 3.97. The van der Waals surface area contributed by atoms with E-state index in [-0.39, 0.29) is 17.7 Å². The number of benzene rings is 6. The van der Waals surface area contributed by atoms with Crippen molar-refractivity contribution in [2.75, 3.05) is 4.90 Å². The average Bonchev–Trinajstić information content (AvgIpc) is 3.61. The van der Waals surface area contributed by atoms with Crippen molar-refractivity contribution in [3.8, 4) is 0 Å². The number of furan rings is 1. The Bertz CT molecular complexity index is 2420. The van der Waals surface area contributed by atoms with Gasteiger partial charge in [0.25, 0.3) is 0 Å². The van der Waals surface area contributed by atoms with Crippen LogP contribution in [0.1, 0.15) is 28.2 Å². The molecule has 4 aliphatic rings. The number of carbonyl (C=O) groups is 2. The molecular formula is C41H26N2O3. The summed E-state index contributed by atoms with van der Waals surface area (Å²) in [5.74, 6) is -1.76. The van der Waals surface area contributed by atoms with E-state index in [1.165, 1.54) is 4.90 Å². The first-order valence-electron chi connectivity index (χ1n) is 15.7. The summed E-state index contributed by atoms with van der Waals surface area (Å²) in [6.07, 6.45) is 1.94. The van der Waals surface area contributed by atoms with Crippen molar-refractivity contribution < 1.29 is 14.0 Å². The van der Waals surface area contributed by atoms with E-state index in [0.29, 0.717) is 5.69 Å². The maximum Gasteiger partial charge on any atom is 0.239 e. The number of hydrogen-bond acceptors (Lipinski definition) is 4. The van der Waals surface area contributed by atoms with E-state index in [0.717, 1.165) is 60.7 Å². The minimum absolute atomic E-state index is 0.151. The monoisotopic (exact) mass is 594 g/mol. The van der Waals surface area contributed by atoms with Gasteiger partial charge in [0.05, 0.1) is 28.6 Å². The van der Waals surface area contributed by atoms with Crippen LogP contribution < -0.4 is 4.90 Å². The van der Waals surface area contributed by atoms with Gasteiger partial charge in [0.2, 0.25) is 11.8 Å². The molecule has 218 valence electrons. The van der Waals surface area contributed by atoms with Gasteiger partial charge >= 0.3 is 0 Å². The van der Waals surface area contributed by atoms with Crippen molar-refractivity contribution in [2.24, 2.45) is 16.8 Å². The first-order valence-corrected chi connectivity index (χ1v) is 15.7. The summed E-state index contributed by atoms with van der Waals surface area (Å²) < 4.78 is 6.18. The van der Waals surface area contributed by atoms with Crippen LogP contribution in [0, 0.1) is 11.8 Å². The number of nitrogens with zero attached hydrogens (tertiary/aromatic N) is 2. The number of fused-ring (bicyclic) bond motifs is 4. The molecular weight excluding hydrogens is 568 g/mol. The van der Waals surface area contributed by atoms with Crippen molar-refractivity contribution in [1.29, 1.82) is 0 Å². The quantitative estimate of drug-likeness (QED) is 0.152. The van der Waals surface area contributed by atoms with E-state index >= 15 is 0 Å². The first-order chi connectivity index (χ1) is 22.6. The molecule has 1 aliphatic heterocycles. The predicted octanol–water partition coefficient (Wildman–Crippen LogP) is 8.69. The molecule has 0 radical (unpaired) electrons. The number of rotatable bonds is 3. The molecule has 0 saturated carbocycles. The molecule has 11 rings (SSSR count). The van der Waals surface area contributed by atoms with Gasteiger partial charge < -0.3 is 4.42 Å². The molecule has 1 saturated heterocycles. The highest BCUT2D eigenvalue weighted by molar-refractivity contribution is 6.27. The van der Waals surface area contributed by atoms with Gasteiger partial charge in [-0.3, -0.25) is 14.6 Å². The second-order valence-corrected chi connectivity index (χ2v) is 12.6. The molecule has 0 unspecified atom stereocenters. The summed E-state index contributed by atoms with van der Waals surface area (Å²) in [7, 11) is 0. The highest BCUT2D eigenvalue weighted by Crippen LogP contribution is 2.64. The Kier molecular flexibility index (Phi) is 5.05. The zero-order valence-corrected chi connectivity index (χ0v) is 24.6. The van der Waals surface area contributed by atoms with Gasteiger partial charge in [-0.1, -0.05) is 103 Å². The SMILES string of the molecule is O=C1[C@@H]2[C@@H](C(=O)N1c1cccc3ccccc13)C1c3ccccc3C2(C=Nc2ccc3c(c2)oc2ccccc23)c2ccccc21. The molecule has 3 aliphatic carbocycles. The second-order valence-electron chi connectivity index (χ2n) is 12.6. The topological polar surface area (TPSA) is 62.9 Å². The van der Waals surface area contributed by atoms with Crippen LogP contribution in [0.2, 0.25) is 0 Å². The average molecular weight is 595 g/mol. The number of para-hydroxylation sites is 1. The van der Waals surface area contributed by atoms with Crippen LogP contribution in [0.4, 0.5) is 11.4 Å². The van der Waals surface area contributed by atoms with E-state index in [1.807, 2.05) is 109 Å². The van der Waals surface area contributed by atoms with E-state index < -0.39 is 17.3 Å². The fraction of sp³-hybridized carbons (Fsp3) is 0.0976. The first kappa shape index (κ1) is 25.5. The Morgan fingerprint density at radius 3 is 2.09 bits per heavy atom. The highest BCUT2D eigenvalue weighted by Gasteiger charge is 2.68. The highest BCUT2D eigenvalue weighted by atomic mass is 16.3. The molecule has 2 heterocycles. The summed E-state index contributed by atoms with van der Waals surface area (Å²) >= 11 is 0. The number of aliphatic imine (C=N–C) groups is 1. The van der Waals surface area contributed by atoms with Crippen LogP contribution in [-0.2, 0) is 15.0 Å². The summed E-state index contributed by atoms with van der Waals surface area (Å²) in [6.45, 7) is 0. The van der Waals surface area contributed by atoms with Gasteiger partial charge in [0, 0.05) is 34.4 Å². The number of carbonyl (C=O) groups excluding carboxylic acids is 2. The molecule has 2 bridgehead atoms. The smallest absolute Gasteiger partial charge is 0.239 e. The molecule has 1 aromatic heterocycles. The Morgan fingerprint density at radius 1 is 0.630 bits per heavy atom. The molecule has 5 nitrogen and oxygen atoms in total. The van der Waals surface area contributed by atoms with Crippen molar-refractivity contribution in [3.63, 3.8) is 0 Å². The van der Waals surface area contributed by atoms with Gasteiger partial charge in [0.1, 0.15) is 11.2 Å². The Labute approximate surface area is 264 Å². The van der Waals surface area contributed by atoms with Crippen LogP contribution in [0.15, 0.2) is 143 Å². The van der Waals surface area contributed by atoms with Crippen molar-refractivity contribution in [1.82, 2.24) is 0 Å². The van der Waals surface area contributed by atoms with Gasteiger partial charge in [-0.25, -0.2) is 4.90 Å². The van der Waals surface area contributed by atoms with Crippen molar-refractivity contribution in [2.45, 2.75) is 11.3 Å². The van der Waals surface area contributed by atoms with Crippen LogP contribution in [0.25, 0.3) is 32.7 Å². The van der Waals surface area contributed by atoms with E-state index in [1.54, 1.807) is 0 Å². The van der Waals surface area contributed by atoms with Crippen LogP contribution in [0.3, 0.4) is 0 Å². The molecule has 46 heavy (non-hydrogen) atoms. The summed E-state index contributed by atoms with van der Waals surface area (Å²) in [5.41, 5.74) is 6.25. The maximum atomic E-state index is 14.9. The number of hydrogen-bond donors (Lipinski definition) is 0. The van der Waals surface area contributed by atoms with E-state index in [4.69, 9.17) is 9.41 Å². The Hall–Kier alpha value is -5.81. The van der Waals surface area contributed by atoms with Crippen molar-refractivity contribution >= 4 is 62.1 Å². The molecule has 1 fully saturated rings. The Balaban J connectivity index is 1.20. The number of imide groups is 1. The van der Waals surface area contributed by atoms with Crippen LogP contribution >= 0.6 is 0 Å². The van der Waals surface area contributed by atoms with E-state index in [2.05, 4.69) is 30.3 Å². The minimum atomic E-state index is -0.943. The third-order valence-electron chi connectivity index (χ3n) is 10.5. The third kappa shape index (κ3) is 3.16. The fourth-order valence-corrected chi connectivity index (χ4v) is 8.66. The molecule has 7 aromatic rings. The number of anilines is 1. The normalized spacial score (nSPS) is 23.0. The lowest BCUT2D eigenvalue weighted by molar-refractivity contribution is -0.122. The van der Waals surface area contributed by atoms with Gasteiger partial charge in [0.15, 0.2) is 0 Å². The molecule has 0 N–H and O–H groups in total. The van der Waals surface area contributed by atoms with Crippen molar-refractivity contribution in [3.05, 3.63) is 156 Å². The van der Waals surface area contributed by atoms with Gasteiger partial charge in [-0.05, 0) is 51.9 Å². The Morgan fingerprint density at radius 2 is 1.28 bits per heavy atom. The van der Waals surface area contributed by atoms with Gasteiger partial charge in [-0.2, -0.15) is 0 Å². The molecule has 2 atom stereocenters. The van der Waals surface area contributed by atoms with Crippen LogP contribution in [0.5, 0.6) is 0 Å². The standard InChI is InChI=1S/C41H26N2O3/c44-39-37-36-29-14-3-6-16-31(29)41(32-17-7-4-15-30(32)36,23-42-25-20-21-28-27-13-5-8-19-34(27)46-35(28)22-25)38(37)40(45)43(39)33-18-9-11-24-10-1-2-12-26(24)33/h1-23,36-38H/t36?,37-,38-,41?/m0/s1. The lowest BCUT2D eigenvalue weighted by Gasteiger charge is -2.52. The predicted molar refractivity (Wildman–Crippen MR) is 181 cm³/mol. The second kappa shape index (κ2) is 9.11. The molecule has 6 aromatic carbocycles. The van der Waals surface area contributed by atoms with Crippen LogP contribution in [-0.4, -0.2) is 18.0 Å². The van der Waals surface area contributed by atoms with E-state index in [9.17, 15) is 9.59 Å². The lowest BCUT2D eigenvalue weighted by atomic mass is 9.47. The third-order valence-corrected chi connectivity index (χ3v) is 10.5. The summed E-state index contributed by atoms with van der Waals surface area (Å²) in [6, 6.07) is 44.3. The zero-order chi connectivity index (χ0) is 30.6. The van der Waals surface area contributed by atoms with Gasteiger partial charge in [-0.15, -0.1) is 0 Å². The molecule has 2 amide bonds. The maximum absolute atomic E-state index is 14.9. The summed E-state index contributed by atoms with van der Waals surface area (Å²) in [4.78, 5) is 36.2. The minimum Gasteiger partial charge on any atom is -0.456 e. The number of amides is 2. The molecule has 5 heteroatoms. The molecule has 0 spiro atoms. The fourth-order valence-electron chi connectivity index (χ4n) is 8.66. The lowest BCUT2D eigenvalue weighted by Crippen LogP contribution is -2.54. The zero-order valence-electron chi connectivity index (χ0n) is 24.6. The largest absolute Gasteiger partial charge is 0.456 e.